The number of hydrogen-bond acceptors (Lipinski definition) is 8. The highest BCUT2D eigenvalue weighted by atomic mass is 32.2. The van der Waals surface area contributed by atoms with Gasteiger partial charge in [0.15, 0.2) is 0 Å². The summed E-state index contributed by atoms with van der Waals surface area (Å²) in [6.45, 7) is 5.35. The number of rotatable bonds is 10. The van der Waals surface area contributed by atoms with E-state index >= 15 is 0 Å². The molecule has 2 aliphatic rings. The third-order valence-corrected chi connectivity index (χ3v) is 7.41. The summed E-state index contributed by atoms with van der Waals surface area (Å²) >= 11 is 1.97. The molecule has 0 aliphatic carbocycles. The van der Waals surface area contributed by atoms with E-state index in [0.29, 0.717) is 11.5 Å². The molecule has 2 fully saturated rings. The van der Waals surface area contributed by atoms with Gasteiger partial charge in [0.2, 0.25) is 0 Å². The molecule has 0 radical (unpaired) electrons. The zero-order valence-electron chi connectivity index (χ0n) is 19.2. The zero-order valence-corrected chi connectivity index (χ0v) is 20.0. The molecule has 178 valence electrons. The number of thioether (sulfide) groups is 1. The second kappa shape index (κ2) is 11.9. The minimum Gasteiger partial charge on any atom is -0.507 e. The second-order valence-electron chi connectivity index (χ2n) is 8.60. The van der Waals surface area contributed by atoms with Crippen molar-refractivity contribution in [2.24, 2.45) is 11.7 Å². The van der Waals surface area contributed by atoms with Crippen LogP contribution in [0.3, 0.4) is 0 Å². The van der Waals surface area contributed by atoms with Crippen molar-refractivity contribution in [3.05, 3.63) is 53.5 Å². The summed E-state index contributed by atoms with van der Waals surface area (Å²) in [7, 11) is 0. The predicted octanol–water partition coefficient (Wildman–Crippen LogP) is 2.81. The Morgan fingerprint density at radius 1 is 1.21 bits per heavy atom. The molecule has 1 atom stereocenters. The van der Waals surface area contributed by atoms with Crippen molar-refractivity contribution in [3.63, 3.8) is 0 Å². The number of likely N-dealkylation sites (tertiary alicyclic amines) is 2. The summed E-state index contributed by atoms with van der Waals surface area (Å²) < 4.78 is 0. The minimum atomic E-state index is -0.219. The Labute approximate surface area is 200 Å². The van der Waals surface area contributed by atoms with Crippen LogP contribution in [0.15, 0.2) is 47.9 Å². The van der Waals surface area contributed by atoms with E-state index in [1.165, 1.54) is 44.4 Å². The number of benzene rings is 1. The van der Waals surface area contributed by atoms with Crippen LogP contribution in [0.2, 0.25) is 0 Å². The number of nitrogens with zero attached hydrogens (tertiary/aromatic N) is 2. The molecule has 9 heteroatoms. The smallest absolute Gasteiger partial charge is 0.139 e. The summed E-state index contributed by atoms with van der Waals surface area (Å²) in [4.78, 5) is 4.77. The van der Waals surface area contributed by atoms with Crippen LogP contribution in [0, 0.1) is 22.1 Å². The molecule has 3 rings (SSSR count). The molecule has 1 aromatic rings. The highest BCUT2D eigenvalue weighted by molar-refractivity contribution is 7.99. The summed E-state index contributed by atoms with van der Waals surface area (Å²) in [5.41, 5.74) is 7.08. The van der Waals surface area contributed by atoms with Gasteiger partial charge >= 0.3 is 0 Å². The lowest BCUT2D eigenvalue weighted by Gasteiger charge is -2.35. The van der Waals surface area contributed by atoms with Crippen LogP contribution in [0.25, 0.3) is 0 Å². The van der Waals surface area contributed by atoms with Crippen molar-refractivity contribution in [3.8, 4) is 5.75 Å². The Morgan fingerprint density at radius 2 is 1.94 bits per heavy atom. The monoisotopic (exact) mass is 469 g/mol. The lowest BCUT2D eigenvalue weighted by atomic mass is 9.96. The maximum atomic E-state index is 9.97. The average molecular weight is 470 g/mol. The van der Waals surface area contributed by atoms with Gasteiger partial charge in [-0.2, -0.15) is 11.8 Å². The quantitative estimate of drug-likeness (QED) is 0.230. The van der Waals surface area contributed by atoms with Crippen LogP contribution in [0.5, 0.6) is 5.75 Å². The van der Waals surface area contributed by atoms with Crippen molar-refractivity contribution < 1.29 is 5.11 Å². The first-order valence-electron chi connectivity index (χ1n) is 11.3. The first-order chi connectivity index (χ1) is 15.9. The molecule has 1 unspecified atom stereocenters. The van der Waals surface area contributed by atoms with Crippen LogP contribution in [-0.2, 0) is 0 Å². The van der Waals surface area contributed by atoms with Gasteiger partial charge in [0.25, 0.3) is 0 Å². The van der Waals surface area contributed by atoms with Crippen molar-refractivity contribution in [1.82, 2.24) is 15.1 Å². The van der Waals surface area contributed by atoms with E-state index in [1.54, 1.807) is 24.4 Å². The van der Waals surface area contributed by atoms with Crippen molar-refractivity contribution in [1.29, 1.82) is 16.2 Å². The van der Waals surface area contributed by atoms with Gasteiger partial charge in [0.05, 0.1) is 17.1 Å². The van der Waals surface area contributed by atoms with Gasteiger partial charge in [0, 0.05) is 49.4 Å². The van der Waals surface area contributed by atoms with E-state index in [0.717, 1.165) is 36.9 Å². The molecular weight excluding hydrogens is 434 g/mol. The molecule has 8 nitrogen and oxygen atoms in total. The summed E-state index contributed by atoms with van der Waals surface area (Å²) in [5.74, 6) is 0.468. The number of aromatic hydroxyl groups is 1. The fraction of sp³-hybridized carbons (Fsp3) is 0.458. The first-order valence-corrected chi connectivity index (χ1v) is 12.6. The van der Waals surface area contributed by atoms with E-state index in [1.807, 2.05) is 11.8 Å². The SMILES string of the molecule is CSC1CCN(CC2CCN(/C(C=N)=C/N/C(=C/C(=N)c3ccccc3O)C(=N)N)CC2)C1. The highest BCUT2D eigenvalue weighted by Gasteiger charge is 2.26. The largest absolute Gasteiger partial charge is 0.507 e. The van der Waals surface area contributed by atoms with Gasteiger partial charge < -0.3 is 36.8 Å². The van der Waals surface area contributed by atoms with Gasteiger partial charge in [-0.15, -0.1) is 0 Å². The number of para-hydroxylation sites is 1. The predicted molar refractivity (Wildman–Crippen MR) is 138 cm³/mol. The molecule has 0 amide bonds. The van der Waals surface area contributed by atoms with Crippen molar-refractivity contribution in [2.45, 2.75) is 24.5 Å². The minimum absolute atomic E-state index is 0.00172. The van der Waals surface area contributed by atoms with Crippen LogP contribution in [-0.4, -0.2) is 76.9 Å². The van der Waals surface area contributed by atoms with Crippen LogP contribution >= 0.6 is 11.8 Å². The van der Waals surface area contributed by atoms with Crippen molar-refractivity contribution in [2.75, 3.05) is 39.0 Å². The maximum absolute atomic E-state index is 9.97. The molecule has 2 saturated heterocycles. The maximum Gasteiger partial charge on any atom is 0.139 e. The fourth-order valence-corrected chi connectivity index (χ4v) is 5.09. The molecule has 33 heavy (non-hydrogen) atoms. The topological polar surface area (TPSA) is 136 Å². The van der Waals surface area contributed by atoms with Gasteiger partial charge in [-0.05, 0) is 56.2 Å². The van der Waals surface area contributed by atoms with E-state index in [-0.39, 0.29) is 23.0 Å². The molecule has 1 aromatic carbocycles. The molecule has 0 aromatic heterocycles. The Hall–Kier alpha value is -2.78. The van der Waals surface area contributed by atoms with Crippen molar-refractivity contribution >= 4 is 29.5 Å². The number of hydrogen-bond donors (Lipinski definition) is 6. The Bertz CT molecular complexity index is 921. The standard InChI is InChI=1S/C24H35N7OS/c1-33-19-8-9-30(16-19)15-17-6-10-31(11-7-17)18(13-25)14-29-22(24(27)28)12-21(26)20-4-2-3-5-23(20)32/h2-5,12-14,17,19,25-26,29,32H,6-11,15-16H2,1H3,(H3,27,28)/b18-14+,22-12+,25-13?,26-21?. The van der Waals surface area contributed by atoms with E-state index in [4.69, 9.17) is 22.0 Å². The molecule has 2 aliphatic heterocycles. The summed E-state index contributed by atoms with van der Waals surface area (Å²) in [5, 5.41) is 37.7. The first kappa shape index (κ1) is 24.9. The number of nitrogens with one attached hydrogen (secondary N) is 4. The van der Waals surface area contributed by atoms with Crippen LogP contribution < -0.4 is 11.1 Å². The van der Waals surface area contributed by atoms with Gasteiger partial charge in [0.1, 0.15) is 11.6 Å². The lowest BCUT2D eigenvalue weighted by Crippen LogP contribution is -2.38. The number of allylic oxidation sites excluding steroid dienone is 2. The van der Waals surface area contributed by atoms with E-state index < -0.39 is 0 Å². The molecule has 7 N–H and O–H groups in total. The lowest BCUT2D eigenvalue weighted by molar-refractivity contribution is 0.185. The number of nitrogens with two attached hydrogens (primary N) is 1. The summed E-state index contributed by atoms with van der Waals surface area (Å²) in [6.07, 6.45) is 10.1. The second-order valence-corrected chi connectivity index (χ2v) is 9.73. The zero-order chi connectivity index (χ0) is 23.8. The number of phenolic OH excluding ortho intramolecular Hbond substituents is 1. The third kappa shape index (κ3) is 6.85. The Kier molecular flexibility index (Phi) is 8.96. The van der Waals surface area contributed by atoms with E-state index in [2.05, 4.69) is 21.4 Å². The van der Waals surface area contributed by atoms with Crippen LogP contribution in [0.4, 0.5) is 0 Å². The van der Waals surface area contributed by atoms with Crippen LogP contribution in [0.1, 0.15) is 24.8 Å². The number of amidine groups is 1. The fourth-order valence-electron chi connectivity index (χ4n) is 4.39. The highest BCUT2D eigenvalue weighted by Crippen LogP contribution is 2.25. The number of phenols is 1. The Balaban J connectivity index is 1.58. The van der Waals surface area contributed by atoms with Gasteiger partial charge in [-0.25, -0.2) is 0 Å². The summed E-state index contributed by atoms with van der Waals surface area (Å²) in [6, 6.07) is 6.58. The number of piperidine rings is 1. The molecule has 0 saturated carbocycles. The normalized spacial score (nSPS) is 20.6. The Morgan fingerprint density at radius 3 is 2.55 bits per heavy atom. The molecule has 0 bridgehead atoms. The van der Waals surface area contributed by atoms with E-state index in [9.17, 15) is 5.11 Å². The van der Waals surface area contributed by atoms with Gasteiger partial charge in [-0.3, -0.25) is 5.41 Å². The molecule has 0 spiro atoms. The molecule has 2 heterocycles. The average Bonchev–Trinajstić information content (AvgIpc) is 3.27. The molecular formula is C24H35N7OS. The third-order valence-electron chi connectivity index (χ3n) is 6.36. The van der Waals surface area contributed by atoms with Gasteiger partial charge in [-0.1, -0.05) is 12.1 Å².